The average Bonchev–Trinajstić information content (AvgIpc) is 2.81. The Hall–Kier alpha value is -2.26. The van der Waals surface area contributed by atoms with Gasteiger partial charge in [-0.1, -0.05) is 0 Å². The number of benzene rings is 1. The van der Waals surface area contributed by atoms with Gasteiger partial charge in [0.1, 0.15) is 0 Å². The number of hydrogen-bond acceptors (Lipinski definition) is 7. The highest BCUT2D eigenvalue weighted by Crippen LogP contribution is 2.29. The molecule has 9 heteroatoms. The molecule has 2 fully saturated rings. The molecule has 0 spiro atoms. The molecule has 2 aromatic rings. The summed E-state index contributed by atoms with van der Waals surface area (Å²) >= 11 is 0. The summed E-state index contributed by atoms with van der Waals surface area (Å²) in [6, 6.07) is 5.29. The van der Waals surface area contributed by atoms with Crippen LogP contribution in [0.5, 0.6) is 0 Å². The molecule has 1 aromatic carbocycles. The molecule has 2 aliphatic rings. The lowest BCUT2D eigenvalue weighted by molar-refractivity contribution is -0.140. The molecule has 0 bridgehead atoms. The normalized spacial score (nSPS) is 20.4. The van der Waals surface area contributed by atoms with E-state index < -0.39 is 9.84 Å². The van der Waals surface area contributed by atoms with Crippen molar-refractivity contribution in [1.29, 1.82) is 0 Å². The molecule has 33 heavy (non-hydrogen) atoms. The van der Waals surface area contributed by atoms with Crippen LogP contribution in [-0.2, 0) is 19.4 Å². The Morgan fingerprint density at radius 2 is 1.88 bits per heavy atom. The van der Waals surface area contributed by atoms with Crippen molar-refractivity contribution in [2.45, 2.75) is 56.4 Å². The van der Waals surface area contributed by atoms with E-state index in [1.165, 1.54) is 12.7 Å². The number of amides is 1. The number of sulfone groups is 1. The van der Waals surface area contributed by atoms with E-state index in [9.17, 15) is 13.2 Å². The zero-order chi connectivity index (χ0) is 23.6. The van der Waals surface area contributed by atoms with Gasteiger partial charge >= 0.3 is 0 Å². The van der Waals surface area contributed by atoms with Gasteiger partial charge in [0.2, 0.25) is 11.9 Å². The van der Waals surface area contributed by atoms with Crippen LogP contribution in [0.1, 0.15) is 44.2 Å². The molecule has 1 aromatic heterocycles. The van der Waals surface area contributed by atoms with Crippen LogP contribution in [0.25, 0.3) is 10.9 Å². The van der Waals surface area contributed by atoms with Gasteiger partial charge in [0.15, 0.2) is 9.84 Å². The third kappa shape index (κ3) is 5.30. The Morgan fingerprint density at radius 3 is 2.58 bits per heavy atom. The maximum atomic E-state index is 13.3. The van der Waals surface area contributed by atoms with E-state index in [1.54, 1.807) is 25.3 Å². The van der Waals surface area contributed by atoms with Gasteiger partial charge in [0, 0.05) is 57.0 Å². The molecule has 4 rings (SSSR count). The molecular weight excluding hydrogens is 440 g/mol. The van der Waals surface area contributed by atoms with E-state index in [0.717, 1.165) is 49.7 Å². The van der Waals surface area contributed by atoms with E-state index in [1.807, 2.05) is 6.92 Å². The first-order valence-electron chi connectivity index (χ1n) is 11.8. The summed E-state index contributed by atoms with van der Waals surface area (Å²) in [6.45, 7) is 4.88. The summed E-state index contributed by atoms with van der Waals surface area (Å²) < 4.78 is 29.2. The molecule has 2 saturated heterocycles. The van der Waals surface area contributed by atoms with Crippen LogP contribution in [0.15, 0.2) is 23.1 Å². The molecule has 1 amide bonds. The van der Waals surface area contributed by atoms with Gasteiger partial charge in [-0.3, -0.25) is 4.79 Å². The number of hydrogen-bond donors (Lipinski definition) is 0. The van der Waals surface area contributed by atoms with Crippen molar-refractivity contribution in [2.24, 2.45) is 5.92 Å². The van der Waals surface area contributed by atoms with E-state index in [-0.39, 0.29) is 16.7 Å². The number of rotatable bonds is 6. The lowest BCUT2D eigenvalue weighted by atomic mass is 9.92. The van der Waals surface area contributed by atoms with Gasteiger partial charge in [0.05, 0.1) is 16.1 Å². The van der Waals surface area contributed by atoms with Crippen LogP contribution in [0.3, 0.4) is 0 Å². The highest BCUT2D eigenvalue weighted by Gasteiger charge is 2.33. The fourth-order valence-electron chi connectivity index (χ4n) is 5.03. The molecule has 0 radical (unpaired) electrons. The number of ether oxygens (including phenoxy) is 1. The van der Waals surface area contributed by atoms with E-state index >= 15 is 0 Å². The van der Waals surface area contributed by atoms with Crippen LogP contribution in [0.2, 0.25) is 0 Å². The predicted molar refractivity (Wildman–Crippen MR) is 128 cm³/mol. The highest BCUT2D eigenvalue weighted by molar-refractivity contribution is 7.90. The summed E-state index contributed by atoms with van der Waals surface area (Å²) in [4.78, 5) is 27.1. The largest absolute Gasteiger partial charge is 0.385 e. The number of carbonyl (C=O) groups excluding carboxylic acids is 1. The number of likely N-dealkylation sites (tertiary alicyclic amines) is 1. The fourth-order valence-corrected chi connectivity index (χ4v) is 5.67. The monoisotopic (exact) mass is 474 g/mol. The second-order valence-electron chi connectivity index (χ2n) is 9.28. The topological polar surface area (TPSA) is 92.7 Å². The summed E-state index contributed by atoms with van der Waals surface area (Å²) in [5.74, 6) is 0.916. The number of carbonyl (C=O) groups is 1. The van der Waals surface area contributed by atoms with Gasteiger partial charge in [-0.25, -0.2) is 18.4 Å². The van der Waals surface area contributed by atoms with Crippen LogP contribution in [0, 0.1) is 12.8 Å². The van der Waals surface area contributed by atoms with Gasteiger partial charge in [-0.05, 0) is 63.6 Å². The maximum absolute atomic E-state index is 13.3. The quantitative estimate of drug-likeness (QED) is 0.635. The first kappa shape index (κ1) is 23.9. The third-order valence-electron chi connectivity index (χ3n) is 6.97. The number of piperidine rings is 2. The molecule has 8 nitrogen and oxygen atoms in total. The summed E-state index contributed by atoms with van der Waals surface area (Å²) in [5, 5.41) is 0.850. The van der Waals surface area contributed by atoms with Gasteiger partial charge in [-0.2, -0.15) is 0 Å². The molecule has 0 aliphatic carbocycles. The van der Waals surface area contributed by atoms with Crippen LogP contribution in [-0.4, -0.2) is 74.8 Å². The van der Waals surface area contributed by atoms with Crippen molar-refractivity contribution >= 4 is 32.6 Å². The molecule has 3 heterocycles. The van der Waals surface area contributed by atoms with E-state index in [4.69, 9.17) is 4.74 Å². The van der Waals surface area contributed by atoms with Crippen molar-refractivity contribution in [3.63, 3.8) is 0 Å². The van der Waals surface area contributed by atoms with Crippen molar-refractivity contribution in [1.82, 2.24) is 14.9 Å². The van der Waals surface area contributed by atoms with Crippen molar-refractivity contribution in [2.75, 3.05) is 44.5 Å². The van der Waals surface area contributed by atoms with E-state index in [0.29, 0.717) is 37.2 Å². The molecule has 0 saturated carbocycles. The second-order valence-corrected chi connectivity index (χ2v) is 11.3. The van der Waals surface area contributed by atoms with Crippen molar-refractivity contribution in [3.8, 4) is 0 Å². The molecular formula is C24H34N4O4S. The molecule has 0 unspecified atom stereocenters. The summed E-state index contributed by atoms with van der Waals surface area (Å²) in [5.41, 5.74) is 1.45. The maximum Gasteiger partial charge on any atom is 0.226 e. The predicted octanol–water partition coefficient (Wildman–Crippen LogP) is 2.98. The van der Waals surface area contributed by atoms with Crippen molar-refractivity contribution in [3.05, 3.63) is 23.9 Å². The van der Waals surface area contributed by atoms with Crippen molar-refractivity contribution < 1.29 is 17.9 Å². The molecule has 180 valence electrons. The Kier molecular flexibility index (Phi) is 7.19. The minimum absolute atomic E-state index is 0.0304. The number of fused-ring (bicyclic) bond motifs is 1. The Morgan fingerprint density at radius 1 is 1.12 bits per heavy atom. The fraction of sp³-hybridized carbons (Fsp3) is 0.625. The third-order valence-corrected chi connectivity index (χ3v) is 8.08. The average molecular weight is 475 g/mol. The zero-order valence-electron chi connectivity index (χ0n) is 19.8. The Balaban J connectivity index is 1.46. The SMILES string of the molecule is COCC[C@H]1CCCCN1C(=O)C1CCN(c2nc(C)c3ccc(S(C)(=O)=O)cc3n2)CC1. The number of nitrogens with zero attached hydrogens (tertiary/aromatic N) is 4. The number of anilines is 1. The van der Waals surface area contributed by atoms with Crippen LogP contribution < -0.4 is 4.90 Å². The summed E-state index contributed by atoms with van der Waals surface area (Å²) in [6.07, 6.45) is 6.97. The van der Waals surface area contributed by atoms with Gasteiger partial charge in [0.25, 0.3) is 0 Å². The summed E-state index contributed by atoms with van der Waals surface area (Å²) in [7, 11) is -1.60. The number of aromatic nitrogens is 2. The molecule has 2 aliphatic heterocycles. The minimum Gasteiger partial charge on any atom is -0.385 e. The molecule has 1 atom stereocenters. The van der Waals surface area contributed by atoms with Gasteiger partial charge < -0.3 is 14.5 Å². The first-order chi connectivity index (χ1) is 15.8. The van der Waals surface area contributed by atoms with Crippen LogP contribution >= 0.6 is 0 Å². The number of methoxy groups -OCH3 is 1. The lowest BCUT2D eigenvalue weighted by Gasteiger charge is -2.40. The Labute approximate surface area is 196 Å². The first-order valence-corrected chi connectivity index (χ1v) is 13.7. The van der Waals surface area contributed by atoms with Gasteiger partial charge in [-0.15, -0.1) is 0 Å². The van der Waals surface area contributed by atoms with Crippen LogP contribution in [0.4, 0.5) is 5.95 Å². The highest BCUT2D eigenvalue weighted by atomic mass is 32.2. The second kappa shape index (κ2) is 9.93. The molecule has 0 N–H and O–H groups in total. The Bertz CT molecular complexity index is 1110. The van der Waals surface area contributed by atoms with E-state index in [2.05, 4.69) is 19.8 Å². The zero-order valence-corrected chi connectivity index (χ0v) is 20.6. The lowest BCUT2D eigenvalue weighted by Crippen LogP contribution is -2.49. The smallest absolute Gasteiger partial charge is 0.226 e. The minimum atomic E-state index is -3.31. The standard InChI is InChI=1S/C24H34N4O4S/c1-17-21-8-7-20(33(3,30)31)16-22(21)26-24(25-17)27-13-9-18(10-14-27)23(29)28-12-5-4-6-19(28)11-15-32-2/h7-8,16,18-19H,4-6,9-15H2,1-3H3/t19-/m1/s1. The number of aryl methyl sites for hydroxylation is 1.